The van der Waals surface area contributed by atoms with Crippen LogP contribution in [0, 0.1) is 0 Å². The molecule has 2 unspecified atom stereocenters. The summed E-state index contributed by atoms with van der Waals surface area (Å²) in [6.45, 7) is 5.13. The maximum atomic E-state index is 8.51. The molecule has 28 heavy (non-hydrogen) atoms. The van der Waals surface area contributed by atoms with Gasteiger partial charge >= 0.3 is 0 Å². The maximum absolute atomic E-state index is 8.51. The number of aryl methyl sites for hydroxylation is 1. The number of fused-ring (bicyclic) bond motifs is 1. The normalized spacial score (nSPS) is 16.1. The third kappa shape index (κ3) is 6.98. The number of hydrogen-bond acceptors (Lipinski definition) is 4. The van der Waals surface area contributed by atoms with Crippen LogP contribution in [0.25, 0.3) is 5.32 Å². The van der Waals surface area contributed by atoms with Crippen molar-refractivity contribution in [3.05, 3.63) is 70.0 Å². The minimum Gasteiger partial charge on any atom is -0.651 e. The quantitative estimate of drug-likeness (QED) is 0.479. The van der Waals surface area contributed by atoms with Gasteiger partial charge < -0.3 is 20.3 Å². The predicted octanol–water partition coefficient (Wildman–Crippen LogP) is 3.18. The number of rotatable bonds is 6. The van der Waals surface area contributed by atoms with Crippen LogP contribution in [0.1, 0.15) is 42.1 Å². The van der Waals surface area contributed by atoms with Crippen LogP contribution in [0.2, 0.25) is 0 Å². The Morgan fingerprint density at radius 2 is 1.96 bits per heavy atom. The van der Waals surface area contributed by atoms with Crippen molar-refractivity contribution in [3.8, 4) is 5.75 Å². The molecule has 0 amide bonds. The van der Waals surface area contributed by atoms with Crippen molar-refractivity contribution in [1.29, 1.82) is 0 Å². The van der Waals surface area contributed by atoms with Crippen molar-refractivity contribution < 1.29 is 36.0 Å². The Hall–Kier alpha value is -1.23. The van der Waals surface area contributed by atoms with Crippen molar-refractivity contribution in [3.63, 3.8) is 0 Å². The van der Waals surface area contributed by atoms with E-state index in [9.17, 15) is 0 Å². The van der Waals surface area contributed by atoms with Crippen LogP contribution in [0.3, 0.4) is 0 Å². The van der Waals surface area contributed by atoms with Crippen LogP contribution in [0.4, 0.5) is 0 Å². The van der Waals surface area contributed by atoms with Gasteiger partial charge in [-0.1, -0.05) is 54.9 Å². The first kappa shape index (κ1) is 24.8. The van der Waals surface area contributed by atoms with Crippen molar-refractivity contribution in [2.24, 2.45) is 0 Å². The van der Waals surface area contributed by atoms with Crippen LogP contribution < -0.4 is 10.1 Å². The standard InChI is InChI=1S/C18H20NO.C4H11NO2.W/c1-3-13-8-9-14-10-11-19-18(16(14)12-13)15-6-4-5-7-17(15)20-2;1-4(7)2-5-3-6;/h4-9,12,18H,3,10-11H2,1-2H3;4-7H,2-3H2,1H3;/q-1;;. The summed E-state index contributed by atoms with van der Waals surface area (Å²) >= 11 is 0. The van der Waals surface area contributed by atoms with Gasteiger partial charge in [-0.25, -0.2) is 0 Å². The summed E-state index contributed by atoms with van der Waals surface area (Å²) < 4.78 is 5.51. The second-order valence-electron chi connectivity index (χ2n) is 6.65. The topological polar surface area (TPSA) is 75.8 Å². The first-order chi connectivity index (χ1) is 13.1. The van der Waals surface area contributed by atoms with E-state index in [-0.39, 0.29) is 39.9 Å². The molecule has 2 atom stereocenters. The van der Waals surface area contributed by atoms with Crippen molar-refractivity contribution in [1.82, 2.24) is 5.32 Å². The molecule has 0 fully saturated rings. The smallest absolute Gasteiger partial charge is 0.120 e. The molecule has 0 saturated carbocycles. The predicted molar refractivity (Wildman–Crippen MR) is 109 cm³/mol. The van der Waals surface area contributed by atoms with E-state index in [1.165, 1.54) is 22.3 Å². The number of methoxy groups -OCH3 is 1. The van der Waals surface area contributed by atoms with E-state index in [1.807, 2.05) is 12.1 Å². The van der Waals surface area contributed by atoms with E-state index >= 15 is 0 Å². The number of nitrogens with one attached hydrogen (secondary N) is 1. The van der Waals surface area contributed by atoms with Crippen LogP contribution in [0.15, 0.2) is 42.5 Å². The largest absolute Gasteiger partial charge is 0.651 e. The SMILES string of the molecule is CC(O)CNCO.CCc1ccc2c(c1)C(c1ccccc1OC)[N-]CC2.[W]. The molecule has 0 saturated heterocycles. The Morgan fingerprint density at radius 3 is 2.57 bits per heavy atom. The molecule has 5 nitrogen and oxygen atoms in total. The Morgan fingerprint density at radius 1 is 1.21 bits per heavy atom. The minimum absolute atomic E-state index is 0. The van der Waals surface area contributed by atoms with E-state index in [2.05, 4.69) is 42.6 Å². The number of nitrogens with zero attached hydrogens (tertiary/aromatic N) is 1. The third-order valence-corrected chi connectivity index (χ3v) is 4.59. The third-order valence-electron chi connectivity index (χ3n) is 4.59. The molecule has 0 aromatic heterocycles. The summed E-state index contributed by atoms with van der Waals surface area (Å²) in [5.74, 6) is 0.927. The number of para-hydroxylation sites is 1. The fraction of sp³-hybridized carbons (Fsp3) is 0.455. The summed E-state index contributed by atoms with van der Waals surface area (Å²) in [5, 5.41) is 24.0. The van der Waals surface area contributed by atoms with Crippen molar-refractivity contribution in [2.75, 3.05) is 26.9 Å². The molecule has 3 rings (SSSR count). The summed E-state index contributed by atoms with van der Waals surface area (Å²) in [6.07, 6.45) is 1.74. The molecule has 2 aromatic carbocycles. The first-order valence-corrected chi connectivity index (χ1v) is 9.51. The van der Waals surface area contributed by atoms with Gasteiger partial charge in [0.1, 0.15) is 5.75 Å². The van der Waals surface area contributed by atoms with E-state index in [4.69, 9.17) is 20.3 Å². The van der Waals surface area contributed by atoms with Crippen LogP contribution >= 0.6 is 0 Å². The molecule has 0 radical (unpaired) electrons. The zero-order valence-electron chi connectivity index (χ0n) is 16.9. The molecule has 6 heteroatoms. The Kier molecular flexibility index (Phi) is 11.6. The van der Waals surface area contributed by atoms with E-state index in [0.717, 1.165) is 25.1 Å². The van der Waals surface area contributed by atoms with Gasteiger partial charge in [-0.2, -0.15) is 0 Å². The Balaban J connectivity index is 0.000000425. The molecular formula is C22H31N2O3W-. The Bertz CT molecular complexity index is 710. The van der Waals surface area contributed by atoms with Crippen LogP contribution in [0.5, 0.6) is 5.75 Å². The average Bonchev–Trinajstić information content (AvgIpc) is 2.71. The van der Waals surface area contributed by atoms with Gasteiger partial charge in [0.05, 0.1) is 19.9 Å². The average molecular weight is 555 g/mol. The molecule has 2 aromatic rings. The van der Waals surface area contributed by atoms with E-state index < -0.39 is 0 Å². The van der Waals surface area contributed by atoms with Crippen LogP contribution in [-0.2, 0) is 33.9 Å². The molecule has 0 aliphatic carbocycles. The molecule has 154 valence electrons. The number of ether oxygens (including phenoxy) is 1. The summed E-state index contributed by atoms with van der Waals surface area (Å²) in [6, 6.07) is 15.1. The minimum atomic E-state index is -0.368. The molecule has 1 aliphatic heterocycles. The Labute approximate surface area is 182 Å². The second kappa shape index (κ2) is 13.1. The zero-order chi connectivity index (χ0) is 19.6. The molecule has 0 spiro atoms. The van der Waals surface area contributed by atoms with Crippen molar-refractivity contribution >= 4 is 0 Å². The molecule has 1 aliphatic rings. The molecule has 0 bridgehead atoms. The van der Waals surface area contributed by atoms with Gasteiger partial charge in [0.15, 0.2) is 0 Å². The van der Waals surface area contributed by atoms with Gasteiger partial charge in [0.2, 0.25) is 0 Å². The fourth-order valence-corrected chi connectivity index (χ4v) is 3.19. The zero-order valence-corrected chi connectivity index (χ0v) is 19.8. The molecular weight excluding hydrogens is 524 g/mol. The number of hydrogen-bond donors (Lipinski definition) is 3. The van der Waals surface area contributed by atoms with Gasteiger partial charge in [0, 0.05) is 27.6 Å². The molecule has 1 heterocycles. The summed E-state index contributed by atoms with van der Waals surface area (Å²) in [5.41, 5.74) is 5.32. The number of aliphatic hydroxyl groups is 2. The van der Waals surface area contributed by atoms with Gasteiger partial charge in [-0.05, 0) is 42.5 Å². The van der Waals surface area contributed by atoms with E-state index in [1.54, 1.807) is 14.0 Å². The number of benzene rings is 2. The fourth-order valence-electron chi connectivity index (χ4n) is 3.19. The second-order valence-corrected chi connectivity index (χ2v) is 6.65. The summed E-state index contributed by atoms with van der Waals surface area (Å²) in [7, 11) is 1.73. The molecule has 3 N–H and O–H groups in total. The summed E-state index contributed by atoms with van der Waals surface area (Å²) in [4.78, 5) is 0. The van der Waals surface area contributed by atoms with Gasteiger partial charge in [-0.15, -0.1) is 6.54 Å². The van der Waals surface area contributed by atoms with E-state index in [0.29, 0.717) is 6.54 Å². The monoisotopic (exact) mass is 555 g/mol. The van der Waals surface area contributed by atoms with Crippen LogP contribution in [-0.4, -0.2) is 43.2 Å². The van der Waals surface area contributed by atoms with Gasteiger partial charge in [0.25, 0.3) is 0 Å². The first-order valence-electron chi connectivity index (χ1n) is 9.51. The van der Waals surface area contributed by atoms with Crippen molar-refractivity contribution in [2.45, 2.75) is 38.8 Å². The number of aliphatic hydroxyl groups excluding tert-OH is 2. The maximum Gasteiger partial charge on any atom is 0.120 e. The van der Waals surface area contributed by atoms with Gasteiger partial charge in [-0.3, -0.25) is 5.32 Å².